The van der Waals surface area contributed by atoms with Crippen molar-refractivity contribution in [2.24, 2.45) is 0 Å². The van der Waals surface area contributed by atoms with E-state index in [1.54, 1.807) is 43.3 Å². The van der Waals surface area contributed by atoms with Gasteiger partial charge in [0.2, 0.25) is 0 Å². The third-order valence-electron chi connectivity index (χ3n) is 3.41. The van der Waals surface area contributed by atoms with Crippen molar-refractivity contribution in [1.29, 1.82) is 0 Å². The number of hydrogen-bond acceptors (Lipinski definition) is 5. The molecule has 0 saturated carbocycles. The van der Waals surface area contributed by atoms with Gasteiger partial charge in [-0.2, -0.15) is 0 Å². The molecule has 0 atom stereocenters. The van der Waals surface area contributed by atoms with Gasteiger partial charge in [0.25, 0.3) is 5.91 Å². The molecule has 0 spiro atoms. The Bertz CT molecular complexity index is 848. The van der Waals surface area contributed by atoms with Crippen LogP contribution in [-0.4, -0.2) is 25.1 Å². The number of carbonyl (C=O) groups is 1. The molecule has 1 aromatic heterocycles. The quantitative estimate of drug-likeness (QED) is 0.799. The molecule has 2 aromatic carbocycles. The molecule has 0 fully saturated rings. The number of anilines is 1. The highest BCUT2D eigenvalue weighted by Gasteiger charge is 2.18. The average molecular weight is 312 g/mol. The third-order valence-corrected chi connectivity index (χ3v) is 3.41. The maximum Gasteiger partial charge on any atom is 0.263 e. The second-order valence-corrected chi connectivity index (χ2v) is 4.91. The standard InChI is InChI=1S/C17H16N2O4/c1-10-18-12-9-11(7-8-13(12)23-10)19-17(20)16-14(21-2)5-4-6-15(16)22-3/h4-9H,1-3H3,(H,19,20). The minimum Gasteiger partial charge on any atom is -0.496 e. The molecule has 6 nitrogen and oxygen atoms in total. The van der Waals surface area contributed by atoms with Gasteiger partial charge < -0.3 is 19.2 Å². The highest BCUT2D eigenvalue weighted by molar-refractivity contribution is 6.08. The Hall–Kier alpha value is -3.02. The number of methoxy groups -OCH3 is 2. The van der Waals surface area contributed by atoms with Crippen molar-refractivity contribution in [2.75, 3.05) is 19.5 Å². The Morgan fingerprint density at radius 2 is 1.83 bits per heavy atom. The predicted molar refractivity (Wildman–Crippen MR) is 86.2 cm³/mol. The fourth-order valence-corrected chi connectivity index (χ4v) is 2.39. The summed E-state index contributed by atoms with van der Waals surface area (Å²) in [6, 6.07) is 10.5. The highest BCUT2D eigenvalue weighted by Crippen LogP contribution is 2.29. The fraction of sp³-hybridized carbons (Fsp3) is 0.176. The number of rotatable bonds is 4. The summed E-state index contributed by atoms with van der Waals surface area (Å²) in [7, 11) is 3.02. The molecule has 1 heterocycles. The first kappa shape index (κ1) is 14.9. The van der Waals surface area contributed by atoms with Gasteiger partial charge in [-0.1, -0.05) is 6.07 Å². The zero-order valence-corrected chi connectivity index (χ0v) is 13.0. The molecule has 0 radical (unpaired) electrons. The van der Waals surface area contributed by atoms with Gasteiger partial charge in [-0.3, -0.25) is 4.79 Å². The number of hydrogen-bond donors (Lipinski definition) is 1. The average Bonchev–Trinajstić information content (AvgIpc) is 2.93. The van der Waals surface area contributed by atoms with E-state index in [-0.39, 0.29) is 5.91 Å². The summed E-state index contributed by atoms with van der Waals surface area (Å²) in [6.45, 7) is 1.78. The number of aryl methyl sites for hydroxylation is 1. The first-order valence-corrected chi connectivity index (χ1v) is 7.02. The molecule has 0 saturated heterocycles. The number of aromatic nitrogens is 1. The number of benzene rings is 2. The molecular weight excluding hydrogens is 296 g/mol. The minimum atomic E-state index is -0.320. The molecule has 118 valence electrons. The second kappa shape index (κ2) is 6.00. The van der Waals surface area contributed by atoms with Crippen molar-refractivity contribution >= 4 is 22.7 Å². The van der Waals surface area contributed by atoms with E-state index in [1.165, 1.54) is 14.2 Å². The molecule has 1 N–H and O–H groups in total. The van der Waals surface area contributed by atoms with Crippen LogP contribution in [0.25, 0.3) is 11.1 Å². The van der Waals surface area contributed by atoms with Gasteiger partial charge in [0.05, 0.1) is 14.2 Å². The maximum absolute atomic E-state index is 12.6. The van der Waals surface area contributed by atoms with Crippen molar-refractivity contribution in [1.82, 2.24) is 4.98 Å². The van der Waals surface area contributed by atoms with E-state index >= 15 is 0 Å². The van der Waals surface area contributed by atoms with Crippen LogP contribution in [0.15, 0.2) is 40.8 Å². The van der Waals surface area contributed by atoms with Crippen LogP contribution in [0.1, 0.15) is 16.2 Å². The summed E-state index contributed by atoms with van der Waals surface area (Å²) in [5, 5.41) is 2.83. The molecule has 0 aliphatic carbocycles. The van der Waals surface area contributed by atoms with Gasteiger partial charge in [-0.05, 0) is 30.3 Å². The Balaban J connectivity index is 1.94. The van der Waals surface area contributed by atoms with Gasteiger partial charge in [0.15, 0.2) is 11.5 Å². The summed E-state index contributed by atoms with van der Waals surface area (Å²) in [6.07, 6.45) is 0. The number of fused-ring (bicyclic) bond motifs is 1. The third kappa shape index (κ3) is 2.83. The number of ether oxygens (including phenoxy) is 2. The number of nitrogens with zero attached hydrogens (tertiary/aromatic N) is 1. The molecular formula is C17H16N2O4. The van der Waals surface area contributed by atoms with Gasteiger partial charge in [0, 0.05) is 12.6 Å². The second-order valence-electron chi connectivity index (χ2n) is 4.91. The van der Waals surface area contributed by atoms with E-state index in [0.717, 1.165) is 0 Å². The summed E-state index contributed by atoms with van der Waals surface area (Å²) >= 11 is 0. The molecule has 0 bridgehead atoms. The van der Waals surface area contributed by atoms with Crippen LogP contribution in [0.3, 0.4) is 0 Å². The molecule has 3 rings (SSSR count). The summed E-state index contributed by atoms with van der Waals surface area (Å²) < 4.78 is 15.9. The van der Waals surface area contributed by atoms with Crippen molar-refractivity contribution in [3.63, 3.8) is 0 Å². The molecule has 3 aromatic rings. The van der Waals surface area contributed by atoms with E-state index in [9.17, 15) is 4.79 Å². The zero-order chi connectivity index (χ0) is 16.4. The SMILES string of the molecule is COc1cccc(OC)c1C(=O)Nc1ccc2oc(C)nc2c1. The van der Waals surface area contributed by atoms with Gasteiger partial charge >= 0.3 is 0 Å². The van der Waals surface area contributed by atoms with Crippen LogP contribution in [0.2, 0.25) is 0 Å². The number of nitrogens with one attached hydrogen (secondary N) is 1. The van der Waals surface area contributed by atoms with Crippen molar-refractivity contribution in [3.8, 4) is 11.5 Å². The Kier molecular flexibility index (Phi) is 3.89. The molecule has 6 heteroatoms. The Morgan fingerprint density at radius 3 is 2.48 bits per heavy atom. The van der Waals surface area contributed by atoms with Gasteiger partial charge in [-0.25, -0.2) is 4.98 Å². The van der Waals surface area contributed by atoms with E-state index in [0.29, 0.717) is 39.7 Å². The highest BCUT2D eigenvalue weighted by atomic mass is 16.5. The van der Waals surface area contributed by atoms with E-state index in [2.05, 4.69) is 10.3 Å². The number of oxazole rings is 1. The monoisotopic (exact) mass is 312 g/mol. The molecule has 0 aliphatic rings. The largest absolute Gasteiger partial charge is 0.496 e. The molecule has 0 unspecified atom stereocenters. The Labute approximate surface area is 133 Å². The van der Waals surface area contributed by atoms with Crippen LogP contribution >= 0.6 is 0 Å². The van der Waals surface area contributed by atoms with E-state index in [1.807, 2.05) is 0 Å². The lowest BCUT2D eigenvalue weighted by molar-refractivity contribution is 0.102. The lowest BCUT2D eigenvalue weighted by Crippen LogP contribution is -2.14. The van der Waals surface area contributed by atoms with Crippen LogP contribution in [0.5, 0.6) is 11.5 Å². The van der Waals surface area contributed by atoms with Crippen LogP contribution in [-0.2, 0) is 0 Å². The van der Waals surface area contributed by atoms with Crippen LogP contribution in [0.4, 0.5) is 5.69 Å². The number of carbonyl (C=O) groups excluding carboxylic acids is 1. The topological polar surface area (TPSA) is 73.6 Å². The van der Waals surface area contributed by atoms with Gasteiger partial charge in [0.1, 0.15) is 22.6 Å². The lowest BCUT2D eigenvalue weighted by atomic mass is 10.1. The first-order chi connectivity index (χ1) is 11.1. The summed E-state index contributed by atoms with van der Waals surface area (Å²) in [5.41, 5.74) is 2.32. The van der Waals surface area contributed by atoms with Crippen molar-refractivity contribution in [3.05, 3.63) is 47.9 Å². The van der Waals surface area contributed by atoms with Crippen LogP contribution in [0, 0.1) is 6.92 Å². The predicted octanol–water partition coefficient (Wildman–Crippen LogP) is 3.41. The maximum atomic E-state index is 12.6. The summed E-state index contributed by atoms with van der Waals surface area (Å²) in [4.78, 5) is 16.9. The minimum absolute atomic E-state index is 0.320. The van der Waals surface area contributed by atoms with E-state index in [4.69, 9.17) is 13.9 Å². The molecule has 23 heavy (non-hydrogen) atoms. The molecule has 1 amide bonds. The summed E-state index contributed by atoms with van der Waals surface area (Å²) in [5.74, 6) is 1.15. The lowest BCUT2D eigenvalue weighted by Gasteiger charge is -2.12. The molecule has 0 aliphatic heterocycles. The number of amides is 1. The fourth-order valence-electron chi connectivity index (χ4n) is 2.39. The van der Waals surface area contributed by atoms with Crippen molar-refractivity contribution in [2.45, 2.75) is 6.92 Å². The normalized spacial score (nSPS) is 10.6. The smallest absolute Gasteiger partial charge is 0.263 e. The van der Waals surface area contributed by atoms with E-state index < -0.39 is 0 Å². The first-order valence-electron chi connectivity index (χ1n) is 7.02. The van der Waals surface area contributed by atoms with Crippen LogP contribution < -0.4 is 14.8 Å². The Morgan fingerprint density at radius 1 is 1.13 bits per heavy atom. The van der Waals surface area contributed by atoms with Crippen molar-refractivity contribution < 1.29 is 18.7 Å². The van der Waals surface area contributed by atoms with Gasteiger partial charge in [-0.15, -0.1) is 0 Å². The zero-order valence-electron chi connectivity index (χ0n) is 13.0.